The number of amides is 1. The van der Waals surface area contributed by atoms with Gasteiger partial charge in [-0.25, -0.2) is 0 Å². The molecule has 0 aliphatic carbocycles. The minimum absolute atomic E-state index is 0.0481. The van der Waals surface area contributed by atoms with Crippen molar-refractivity contribution in [3.8, 4) is 0 Å². The van der Waals surface area contributed by atoms with Gasteiger partial charge in [0.2, 0.25) is 0 Å². The number of nitro benzene ring substituents is 1. The van der Waals surface area contributed by atoms with Crippen LogP contribution in [0, 0.1) is 10.1 Å². The third-order valence-corrected chi connectivity index (χ3v) is 5.93. The van der Waals surface area contributed by atoms with Gasteiger partial charge in [0, 0.05) is 17.8 Å². The highest BCUT2D eigenvalue weighted by atomic mass is 16.6. The lowest BCUT2D eigenvalue weighted by molar-refractivity contribution is -0.914. The molecule has 160 valence electrons. The van der Waals surface area contributed by atoms with Gasteiger partial charge in [-0.05, 0) is 31.0 Å². The van der Waals surface area contributed by atoms with E-state index >= 15 is 0 Å². The zero-order chi connectivity index (χ0) is 21.5. The SMILES string of the molecule is CCC[C@H](NC(=O)[C@H](C)[NH+]1CCN(c2ccc([N+](=O)[O-])cc2)CC1)c1ccccc1. The van der Waals surface area contributed by atoms with Gasteiger partial charge in [-0.15, -0.1) is 0 Å². The van der Waals surface area contributed by atoms with E-state index in [-0.39, 0.29) is 28.6 Å². The summed E-state index contributed by atoms with van der Waals surface area (Å²) in [6.07, 6.45) is 1.93. The van der Waals surface area contributed by atoms with Gasteiger partial charge in [-0.3, -0.25) is 14.9 Å². The Morgan fingerprint density at radius 2 is 1.77 bits per heavy atom. The average Bonchev–Trinajstić information content (AvgIpc) is 2.79. The highest BCUT2D eigenvalue weighted by Crippen LogP contribution is 2.20. The summed E-state index contributed by atoms with van der Waals surface area (Å²) < 4.78 is 0. The fourth-order valence-corrected chi connectivity index (χ4v) is 4.05. The normalized spacial score (nSPS) is 16.7. The van der Waals surface area contributed by atoms with Crippen molar-refractivity contribution in [3.05, 3.63) is 70.3 Å². The molecule has 7 nitrogen and oxygen atoms in total. The number of anilines is 1. The summed E-state index contributed by atoms with van der Waals surface area (Å²) >= 11 is 0. The molecule has 30 heavy (non-hydrogen) atoms. The molecule has 1 aliphatic rings. The summed E-state index contributed by atoms with van der Waals surface area (Å²) in [5, 5.41) is 14.1. The molecule has 2 N–H and O–H groups in total. The Labute approximate surface area is 177 Å². The summed E-state index contributed by atoms with van der Waals surface area (Å²) in [4.78, 5) is 26.9. The second kappa shape index (κ2) is 10.2. The first-order valence-corrected chi connectivity index (χ1v) is 10.7. The number of hydrogen-bond donors (Lipinski definition) is 2. The highest BCUT2D eigenvalue weighted by Gasteiger charge is 2.30. The zero-order valence-electron chi connectivity index (χ0n) is 17.7. The molecule has 1 heterocycles. The molecular weight excluding hydrogens is 380 g/mol. The molecule has 1 saturated heterocycles. The molecule has 3 rings (SSSR count). The van der Waals surface area contributed by atoms with Crippen molar-refractivity contribution in [2.75, 3.05) is 31.1 Å². The Hall–Kier alpha value is -2.93. The molecule has 1 amide bonds. The number of non-ortho nitro benzene ring substituents is 1. The highest BCUT2D eigenvalue weighted by molar-refractivity contribution is 5.80. The number of carbonyl (C=O) groups excluding carboxylic acids is 1. The Balaban J connectivity index is 1.55. The largest absolute Gasteiger partial charge is 0.360 e. The van der Waals surface area contributed by atoms with Crippen LogP contribution in [-0.2, 0) is 4.79 Å². The second-order valence-corrected chi connectivity index (χ2v) is 7.90. The van der Waals surface area contributed by atoms with E-state index in [0.29, 0.717) is 0 Å². The fraction of sp³-hybridized carbons (Fsp3) is 0.435. The second-order valence-electron chi connectivity index (χ2n) is 7.90. The van der Waals surface area contributed by atoms with Crippen LogP contribution in [0.3, 0.4) is 0 Å². The quantitative estimate of drug-likeness (QED) is 0.516. The standard InChI is InChI=1S/C23H30N4O3/c1-3-7-22(19-8-5-4-6-9-19)24-23(28)18(2)25-14-16-26(17-15-25)20-10-12-21(13-11-20)27(29)30/h4-6,8-13,18,22H,3,7,14-17H2,1-2H3,(H,24,28)/p+1/t18-,22-/m0/s1. The molecule has 0 aromatic heterocycles. The molecule has 0 unspecified atom stereocenters. The van der Waals surface area contributed by atoms with Gasteiger partial charge in [0.1, 0.15) is 0 Å². The van der Waals surface area contributed by atoms with E-state index in [9.17, 15) is 14.9 Å². The van der Waals surface area contributed by atoms with Crippen molar-refractivity contribution in [3.63, 3.8) is 0 Å². The van der Waals surface area contributed by atoms with Gasteiger partial charge >= 0.3 is 0 Å². The predicted octanol–water partition coefficient (Wildman–Crippen LogP) is 2.35. The first-order valence-electron chi connectivity index (χ1n) is 10.7. The van der Waals surface area contributed by atoms with Crippen LogP contribution in [0.5, 0.6) is 0 Å². The maximum absolute atomic E-state index is 12.9. The minimum Gasteiger partial charge on any atom is -0.360 e. The van der Waals surface area contributed by atoms with E-state index in [1.165, 1.54) is 4.90 Å². The van der Waals surface area contributed by atoms with Crippen molar-refractivity contribution >= 4 is 17.3 Å². The molecule has 0 spiro atoms. The summed E-state index contributed by atoms with van der Waals surface area (Å²) in [6.45, 7) is 7.49. The molecule has 2 aromatic rings. The van der Waals surface area contributed by atoms with Gasteiger partial charge in [-0.2, -0.15) is 0 Å². The maximum Gasteiger partial charge on any atom is 0.278 e. The number of quaternary nitrogens is 1. The van der Waals surface area contributed by atoms with Crippen LogP contribution in [0.4, 0.5) is 11.4 Å². The molecule has 0 radical (unpaired) electrons. The molecule has 1 fully saturated rings. The topological polar surface area (TPSA) is 79.9 Å². The van der Waals surface area contributed by atoms with E-state index in [1.54, 1.807) is 24.3 Å². The van der Waals surface area contributed by atoms with Crippen molar-refractivity contribution in [2.24, 2.45) is 0 Å². The van der Waals surface area contributed by atoms with Crippen LogP contribution in [0.1, 0.15) is 38.3 Å². The zero-order valence-corrected chi connectivity index (χ0v) is 17.7. The van der Waals surface area contributed by atoms with Crippen LogP contribution in [0.25, 0.3) is 0 Å². The number of piperazine rings is 1. The first kappa shape index (κ1) is 21.8. The third-order valence-electron chi connectivity index (χ3n) is 5.93. The van der Waals surface area contributed by atoms with Crippen molar-refractivity contribution in [1.82, 2.24) is 5.32 Å². The van der Waals surface area contributed by atoms with Gasteiger partial charge in [0.05, 0.1) is 37.1 Å². The minimum atomic E-state index is -0.382. The van der Waals surface area contributed by atoms with Crippen molar-refractivity contribution in [1.29, 1.82) is 0 Å². The number of rotatable bonds is 8. The lowest BCUT2D eigenvalue weighted by Crippen LogP contribution is -3.19. The summed E-state index contributed by atoms with van der Waals surface area (Å²) in [6, 6.07) is 16.8. The molecule has 0 bridgehead atoms. The Morgan fingerprint density at radius 1 is 1.13 bits per heavy atom. The summed E-state index contributed by atoms with van der Waals surface area (Å²) in [5.74, 6) is 0.0936. The van der Waals surface area contributed by atoms with Crippen LogP contribution in [-0.4, -0.2) is 43.1 Å². The lowest BCUT2D eigenvalue weighted by Gasteiger charge is -2.36. The molecule has 2 aromatic carbocycles. The molecule has 7 heteroatoms. The number of benzene rings is 2. The van der Waals surface area contributed by atoms with Crippen LogP contribution >= 0.6 is 0 Å². The first-order chi connectivity index (χ1) is 14.5. The monoisotopic (exact) mass is 411 g/mol. The fourth-order valence-electron chi connectivity index (χ4n) is 4.05. The van der Waals surface area contributed by atoms with Gasteiger partial charge < -0.3 is 15.1 Å². The maximum atomic E-state index is 12.9. The number of nitro groups is 1. The van der Waals surface area contributed by atoms with Crippen LogP contribution in [0.15, 0.2) is 54.6 Å². The molecule has 2 atom stereocenters. The number of carbonyl (C=O) groups is 1. The van der Waals surface area contributed by atoms with Gasteiger partial charge in [0.15, 0.2) is 6.04 Å². The van der Waals surface area contributed by atoms with Crippen LogP contribution in [0.2, 0.25) is 0 Å². The summed E-state index contributed by atoms with van der Waals surface area (Å²) in [7, 11) is 0. The number of nitrogens with zero attached hydrogens (tertiary/aromatic N) is 2. The van der Waals surface area contributed by atoms with Gasteiger partial charge in [-0.1, -0.05) is 43.7 Å². The van der Waals surface area contributed by atoms with Crippen molar-refractivity contribution in [2.45, 2.75) is 38.8 Å². The Kier molecular flexibility index (Phi) is 7.41. The van der Waals surface area contributed by atoms with E-state index < -0.39 is 0 Å². The van der Waals surface area contributed by atoms with Gasteiger partial charge in [0.25, 0.3) is 11.6 Å². The predicted molar refractivity (Wildman–Crippen MR) is 118 cm³/mol. The molecular formula is C23H31N4O3+. The average molecular weight is 412 g/mol. The van der Waals surface area contributed by atoms with Crippen LogP contribution < -0.4 is 15.1 Å². The Morgan fingerprint density at radius 3 is 2.33 bits per heavy atom. The lowest BCUT2D eigenvalue weighted by atomic mass is 10.0. The summed E-state index contributed by atoms with van der Waals surface area (Å²) in [5.41, 5.74) is 2.25. The third kappa shape index (κ3) is 5.36. The molecule has 1 aliphatic heterocycles. The molecule has 0 saturated carbocycles. The smallest absolute Gasteiger partial charge is 0.278 e. The van der Waals surface area contributed by atoms with E-state index in [4.69, 9.17) is 0 Å². The van der Waals surface area contributed by atoms with E-state index in [1.807, 2.05) is 25.1 Å². The van der Waals surface area contributed by atoms with E-state index in [0.717, 1.165) is 50.3 Å². The Bertz CT molecular complexity index is 833. The number of nitrogens with one attached hydrogen (secondary N) is 2. The number of hydrogen-bond acceptors (Lipinski definition) is 4. The van der Waals surface area contributed by atoms with Crippen molar-refractivity contribution < 1.29 is 14.6 Å². The van der Waals surface area contributed by atoms with E-state index in [2.05, 4.69) is 29.3 Å².